The molecular formula is C21H20ClN3O4. The Bertz CT molecular complexity index is 946. The van der Waals surface area contributed by atoms with Gasteiger partial charge >= 0.3 is 0 Å². The molecule has 0 saturated carbocycles. The molecule has 1 saturated heterocycles. The maximum Gasteiger partial charge on any atom is 0.288 e. The zero-order valence-corrected chi connectivity index (χ0v) is 16.3. The molecule has 2 aromatic carbocycles. The number of carbonyl (C=O) groups is 2. The van der Waals surface area contributed by atoms with Gasteiger partial charge in [0.05, 0.1) is 10.8 Å². The average molecular weight is 414 g/mol. The lowest BCUT2D eigenvalue weighted by molar-refractivity contribution is -0.384. The molecule has 1 atom stereocenters. The fourth-order valence-electron chi connectivity index (χ4n) is 3.20. The molecule has 1 fully saturated rings. The second-order valence-corrected chi connectivity index (χ2v) is 7.19. The first-order valence-corrected chi connectivity index (χ1v) is 9.58. The van der Waals surface area contributed by atoms with Gasteiger partial charge in [0, 0.05) is 30.9 Å². The number of anilines is 1. The number of rotatable bonds is 5. The molecule has 0 radical (unpaired) electrons. The number of halogens is 1. The quantitative estimate of drug-likeness (QED) is 0.453. The monoisotopic (exact) mass is 413 g/mol. The number of benzene rings is 2. The third-order valence-electron chi connectivity index (χ3n) is 4.73. The smallest absolute Gasteiger partial charge is 0.288 e. The Balaban J connectivity index is 1.62. The third-order valence-corrected chi connectivity index (χ3v) is 5.05. The van der Waals surface area contributed by atoms with E-state index in [1.54, 1.807) is 11.0 Å². The Morgan fingerprint density at radius 2 is 1.97 bits per heavy atom. The molecule has 1 unspecified atom stereocenters. The third kappa shape index (κ3) is 5.42. The fourth-order valence-corrected chi connectivity index (χ4v) is 3.39. The number of hydrogen-bond acceptors (Lipinski definition) is 4. The van der Waals surface area contributed by atoms with Crippen molar-refractivity contribution in [3.63, 3.8) is 0 Å². The maximum absolute atomic E-state index is 12.5. The van der Waals surface area contributed by atoms with Crippen LogP contribution in [0.15, 0.2) is 54.6 Å². The van der Waals surface area contributed by atoms with Crippen molar-refractivity contribution in [2.75, 3.05) is 18.4 Å². The van der Waals surface area contributed by atoms with Crippen LogP contribution in [0.1, 0.15) is 18.4 Å². The first-order chi connectivity index (χ1) is 13.9. The van der Waals surface area contributed by atoms with Crippen LogP contribution >= 0.6 is 11.6 Å². The van der Waals surface area contributed by atoms with Crippen LogP contribution in [-0.4, -0.2) is 34.7 Å². The first kappa shape index (κ1) is 20.5. The molecule has 1 heterocycles. The van der Waals surface area contributed by atoms with Crippen LogP contribution in [0.5, 0.6) is 0 Å². The number of para-hydroxylation sites is 1. The molecule has 0 spiro atoms. The molecule has 0 bridgehead atoms. The first-order valence-electron chi connectivity index (χ1n) is 9.21. The summed E-state index contributed by atoms with van der Waals surface area (Å²) in [6.07, 6.45) is 4.33. The molecule has 1 aliphatic rings. The molecule has 0 aliphatic carbocycles. The summed E-state index contributed by atoms with van der Waals surface area (Å²) in [6, 6.07) is 13.5. The van der Waals surface area contributed by atoms with Crippen LogP contribution in [0.4, 0.5) is 11.4 Å². The second-order valence-electron chi connectivity index (χ2n) is 6.78. The van der Waals surface area contributed by atoms with Gasteiger partial charge in [0.1, 0.15) is 5.02 Å². The summed E-state index contributed by atoms with van der Waals surface area (Å²) in [6.45, 7) is 0.904. The van der Waals surface area contributed by atoms with E-state index in [0.717, 1.165) is 18.5 Å². The number of nitro groups is 1. The zero-order chi connectivity index (χ0) is 20.8. The lowest BCUT2D eigenvalue weighted by atomic mass is 9.97. The molecule has 1 N–H and O–H groups in total. The van der Waals surface area contributed by atoms with Gasteiger partial charge in [0.15, 0.2) is 0 Å². The van der Waals surface area contributed by atoms with Crippen LogP contribution in [0.3, 0.4) is 0 Å². The van der Waals surface area contributed by atoms with E-state index in [4.69, 9.17) is 11.6 Å². The molecule has 2 amide bonds. The van der Waals surface area contributed by atoms with Gasteiger partial charge in [-0.3, -0.25) is 19.7 Å². The number of hydrogen-bond donors (Lipinski definition) is 1. The Morgan fingerprint density at radius 3 is 2.69 bits per heavy atom. The van der Waals surface area contributed by atoms with E-state index in [1.165, 1.54) is 24.3 Å². The number of carbonyl (C=O) groups excluding carboxylic acids is 2. The summed E-state index contributed by atoms with van der Waals surface area (Å²) in [5.74, 6) is -0.622. The lowest BCUT2D eigenvalue weighted by Crippen LogP contribution is -2.43. The molecule has 7 nitrogen and oxygen atoms in total. The van der Waals surface area contributed by atoms with Crippen LogP contribution in [-0.2, 0) is 9.59 Å². The number of nitrogens with one attached hydrogen (secondary N) is 1. The predicted octanol–water partition coefficient (Wildman–Crippen LogP) is 4.14. The number of amides is 2. The second kappa shape index (κ2) is 9.34. The average Bonchev–Trinajstić information content (AvgIpc) is 2.73. The topological polar surface area (TPSA) is 92.6 Å². The van der Waals surface area contributed by atoms with Crippen LogP contribution in [0, 0.1) is 16.0 Å². The van der Waals surface area contributed by atoms with E-state index in [-0.39, 0.29) is 28.4 Å². The van der Waals surface area contributed by atoms with Gasteiger partial charge in [-0.1, -0.05) is 35.9 Å². The number of nitro benzene ring substituents is 1. The van der Waals surface area contributed by atoms with E-state index in [2.05, 4.69) is 5.32 Å². The van der Waals surface area contributed by atoms with Crippen molar-refractivity contribution in [1.82, 2.24) is 4.90 Å². The van der Waals surface area contributed by atoms with Crippen molar-refractivity contribution >= 4 is 40.9 Å². The fraction of sp³-hybridized carbons (Fsp3) is 0.238. The standard InChI is InChI=1S/C21H20ClN3O4/c22-18-10-8-15(13-19(18)25(28)29)9-11-20(26)24-12-4-5-16(14-24)21(27)23-17-6-2-1-3-7-17/h1-3,6-11,13,16H,4-5,12,14H2,(H,23,27)/b11-9+. The normalized spacial score (nSPS) is 16.6. The van der Waals surface area contributed by atoms with E-state index >= 15 is 0 Å². The lowest BCUT2D eigenvalue weighted by Gasteiger charge is -2.31. The van der Waals surface area contributed by atoms with Crippen LogP contribution in [0.2, 0.25) is 5.02 Å². The highest BCUT2D eigenvalue weighted by Crippen LogP contribution is 2.26. The Kier molecular flexibility index (Phi) is 6.61. The largest absolute Gasteiger partial charge is 0.338 e. The molecular weight excluding hydrogens is 394 g/mol. The Labute approximate surface area is 173 Å². The van der Waals surface area contributed by atoms with E-state index in [1.807, 2.05) is 30.3 Å². The molecule has 2 aromatic rings. The van der Waals surface area contributed by atoms with E-state index < -0.39 is 4.92 Å². The van der Waals surface area contributed by atoms with Gasteiger partial charge in [-0.2, -0.15) is 0 Å². The number of nitrogens with zero attached hydrogens (tertiary/aromatic N) is 2. The summed E-state index contributed by atoms with van der Waals surface area (Å²) in [7, 11) is 0. The summed E-state index contributed by atoms with van der Waals surface area (Å²) in [5, 5.41) is 13.9. The minimum Gasteiger partial charge on any atom is -0.338 e. The maximum atomic E-state index is 12.5. The highest BCUT2D eigenvalue weighted by atomic mass is 35.5. The number of piperidine rings is 1. The van der Waals surface area contributed by atoms with Gasteiger partial charge in [0.2, 0.25) is 11.8 Å². The number of likely N-dealkylation sites (tertiary alicyclic amines) is 1. The predicted molar refractivity (Wildman–Crippen MR) is 112 cm³/mol. The van der Waals surface area contributed by atoms with Gasteiger partial charge in [0.25, 0.3) is 5.69 Å². The molecule has 1 aliphatic heterocycles. The van der Waals surface area contributed by atoms with Crippen molar-refractivity contribution in [2.45, 2.75) is 12.8 Å². The van der Waals surface area contributed by atoms with Gasteiger partial charge in [-0.25, -0.2) is 0 Å². The Morgan fingerprint density at radius 1 is 1.21 bits per heavy atom. The van der Waals surface area contributed by atoms with Crippen molar-refractivity contribution in [1.29, 1.82) is 0 Å². The van der Waals surface area contributed by atoms with E-state index in [0.29, 0.717) is 18.7 Å². The van der Waals surface area contributed by atoms with Crippen molar-refractivity contribution < 1.29 is 14.5 Å². The molecule has 8 heteroatoms. The highest BCUT2D eigenvalue weighted by molar-refractivity contribution is 6.32. The summed E-state index contributed by atoms with van der Waals surface area (Å²) >= 11 is 5.80. The van der Waals surface area contributed by atoms with Crippen molar-refractivity contribution in [2.24, 2.45) is 5.92 Å². The summed E-state index contributed by atoms with van der Waals surface area (Å²) in [5.41, 5.74) is 1.02. The van der Waals surface area contributed by atoms with Crippen LogP contribution in [0.25, 0.3) is 6.08 Å². The SMILES string of the molecule is O=C(Nc1ccccc1)C1CCCN(C(=O)/C=C/c2ccc(Cl)c([N+](=O)[O-])c2)C1. The summed E-state index contributed by atoms with van der Waals surface area (Å²) < 4.78 is 0. The zero-order valence-electron chi connectivity index (χ0n) is 15.6. The molecule has 3 rings (SSSR count). The minimum absolute atomic E-state index is 0.0433. The minimum atomic E-state index is -0.567. The van der Waals surface area contributed by atoms with Crippen molar-refractivity contribution in [3.8, 4) is 0 Å². The summed E-state index contributed by atoms with van der Waals surface area (Å²) in [4.78, 5) is 37.1. The molecule has 0 aromatic heterocycles. The molecule has 29 heavy (non-hydrogen) atoms. The molecule has 150 valence electrons. The highest BCUT2D eigenvalue weighted by Gasteiger charge is 2.27. The van der Waals surface area contributed by atoms with Gasteiger partial charge in [-0.05, 0) is 42.7 Å². The van der Waals surface area contributed by atoms with Crippen molar-refractivity contribution in [3.05, 3.63) is 75.3 Å². The van der Waals surface area contributed by atoms with Gasteiger partial charge in [-0.15, -0.1) is 0 Å². The van der Waals surface area contributed by atoms with Gasteiger partial charge < -0.3 is 10.2 Å². The van der Waals surface area contributed by atoms with E-state index in [9.17, 15) is 19.7 Å². The Hall–Kier alpha value is -3.19. The van der Waals surface area contributed by atoms with Crippen LogP contribution < -0.4 is 5.32 Å².